The van der Waals surface area contributed by atoms with Gasteiger partial charge in [0.25, 0.3) is 0 Å². The van der Waals surface area contributed by atoms with Crippen LogP contribution in [0.4, 0.5) is 0 Å². The number of hydrogen-bond donors (Lipinski definition) is 7. The van der Waals surface area contributed by atoms with Crippen LogP contribution >= 0.6 is 25.3 Å². The van der Waals surface area contributed by atoms with E-state index in [9.17, 15) is 0 Å². The smallest absolute Gasteiger partial charge is 0.0627 e. The molecule has 0 amide bonds. The average molecular weight is 260 g/mol. The standard InChI is InChI=1S/C5H12O4.C3H8OS2/c6-1-5(2-7,3-8)4-9;4-1-3(6)2-5/h6-9H,1-4H2;3-6H,1-2H2. The van der Waals surface area contributed by atoms with Gasteiger partial charge in [-0.3, -0.25) is 0 Å². The summed E-state index contributed by atoms with van der Waals surface area (Å²) in [5.74, 6) is 0.639. The molecule has 0 aliphatic carbocycles. The van der Waals surface area contributed by atoms with E-state index in [0.29, 0.717) is 5.75 Å². The van der Waals surface area contributed by atoms with Crippen LogP contribution in [0.5, 0.6) is 0 Å². The maximum atomic E-state index is 8.50. The third-order valence-corrected chi connectivity index (χ3v) is 2.84. The van der Waals surface area contributed by atoms with Crippen molar-refractivity contribution in [3.8, 4) is 0 Å². The van der Waals surface area contributed by atoms with Crippen LogP contribution in [0.1, 0.15) is 0 Å². The summed E-state index contributed by atoms with van der Waals surface area (Å²) in [4.78, 5) is 0. The fraction of sp³-hybridized carbons (Fsp3) is 1.00. The van der Waals surface area contributed by atoms with E-state index in [1.165, 1.54) is 0 Å². The number of hydrogen-bond acceptors (Lipinski definition) is 7. The Kier molecular flexibility index (Phi) is 13.1. The van der Waals surface area contributed by atoms with Gasteiger partial charge in [0.05, 0.1) is 38.4 Å². The lowest BCUT2D eigenvalue weighted by Gasteiger charge is -2.23. The van der Waals surface area contributed by atoms with E-state index >= 15 is 0 Å². The third kappa shape index (κ3) is 8.32. The van der Waals surface area contributed by atoms with E-state index < -0.39 is 31.8 Å². The zero-order valence-corrected chi connectivity index (χ0v) is 10.2. The Balaban J connectivity index is 0. The van der Waals surface area contributed by atoms with Crippen molar-refractivity contribution >= 4 is 25.3 Å². The minimum absolute atomic E-state index is 0.0494. The van der Waals surface area contributed by atoms with Gasteiger partial charge in [0, 0.05) is 11.0 Å². The second-order valence-electron chi connectivity index (χ2n) is 3.15. The molecule has 0 spiro atoms. The molecular weight excluding hydrogens is 240 g/mol. The summed E-state index contributed by atoms with van der Waals surface area (Å²) in [6, 6.07) is 0. The lowest BCUT2D eigenvalue weighted by Crippen LogP contribution is -2.37. The van der Waals surface area contributed by atoms with Crippen LogP contribution in [-0.2, 0) is 0 Å². The molecule has 7 heteroatoms. The molecule has 0 saturated heterocycles. The first-order chi connectivity index (χ1) is 7.05. The molecule has 0 fully saturated rings. The van der Waals surface area contributed by atoms with Crippen LogP contribution in [0, 0.1) is 5.41 Å². The Morgan fingerprint density at radius 2 is 1.20 bits per heavy atom. The van der Waals surface area contributed by atoms with Crippen LogP contribution in [0.15, 0.2) is 0 Å². The van der Waals surface area contributed by atoms with Gasteiger partial charge in [0.1, 0.15) is 0 Å². The van der Waals surface area contributed by atoms with Crippen molar-refractivity contribution in [2.24, 2.45) is 5.41 Å². The Morgan fingerprint density at radius 3 is 1.20 bits per heavy atom. The van der Waals surface area contributed by atoms with E-state index in [0.717, 1.165) is 0 Å². The second kappa shape index (κ2) is 11.0. The first-order valence-electron chi connectivity index (χ1n) is 4.39. The molecule has 0 aromatic heterocycles. The van der Waals surface area contributed by atoms with E-state index in [1.54, 1.807) is 0 Å². The molecule has 0 bridgehead atoms. The van der Waals surface area contributed by atoms with E-state index in [1.807, 2.05) is 0 Å². The third-order valence-electron chi connectivity index (χ3n) is 1.76. The summed E-state index contributed by atoms with van der Waals surface area (Å²) in [6.07, 6.45) is 0. The Bertz CT molecular complexity index is 111. The molecule has 0 aromatic rings. The molecule has 94 valence electrons. The van der Waals surface area contributed by atoms with Crippen molar-refractivity contribution in [2.75, 3.05) is 38.8 Å². The molecule has 0 aromatic carbocycles. The normalized spacial score (nSPS) is 13.0. The number of thiol groups is 2. The zero-order valence-electron chi connectivity index (χ0n) is 8.45. The van der Waals surface area contributed by atoms with Crippen molar-refractivity contribution in [3.05, 3.63) is 0 Å². The molecule has 1 unspecified atom stereocenters. The summed E-state index contributed by atoms with van der Waals surface area (Å²) >= 11 is 7.76. The number of aliphatic hydroxyl groups is 5. The number of rotatable bonds is 6. The van der Waals surface area contributed by atoms with Gasteiger partial charge < -0.3 is 25.5 Å². The molecule has 0 heterocycles. The van der Waals surface area contributed by atoms with Crippen LogP contribution in [0.2, 0.25) is 0 Å². The Hall–Kier alpha value is 0.500. The predicted molar refractivity (Wildman–Crippen MR) is 64.5 cm³/mol. The summed E-state index contributed by atoms with van der Waals surface area (Å²) in [5.41, 5.74) is -1.11. The second-order valence-corrected chi connectivity index (χ2v) is 4.25. The zero-order chi connectivity index (χ0) is 12.3. The molecule has 0 aliphatic rings. The summed E-state index contributed by atoms with van der Waals surface area (Å²) in [6.45, 7) is -1.51. The molecule has 0 aliphatic heterocycles. The van der Waals surface area contributed by atoms with Gasteiger partial charge in [-0.05, 0) is 0 Å². The minimum Gasteiger partial charge on any atom is -0.396 e. The quantitative estimate of drug-likeness (QED) is 0.284. The lowest BCUT2D eigenvalue weighted by molar-refractivity contribution is -0.0328. The van der Waals surface area contributed by atoms with Gasteiger partial charge in [0.15, 0.2) is 0 Å². The molecule has 0 saturated carbocycles. The molecular formula is C8H20O5S2. The molecule has 5 nitrogen and oxygen atoms in total. The van der Waals surface area contributed by atoms with Gasteiger partial charge >= 0.3 is 0 Å². The minimum atomic E-state index is -1.11. The van der Waals surface area contributed by atoms with Crippen LogP contribution in [0.3, 0.4) is 0 Å². The maximum absolute atomic E-state index is 8.50. The summed E-state index contributed by atoms with van der Waals surface area (Å²) in [5, 5.41) is 42.2. The van der Waals surface area contributed by atoms with Gasteiger partial charge in [-0.15, -0.1) is 0 Å². The first kappa shape index (κ1) is 17.9. The van der Waals surface area contributed by atoms with E-state index in [2.05, 4.69) is 25.3 Å². The van der Waals surface area contributed by atoms with Gasteiger partial charge in [-0.1, -0.05) is 0 Å². The van der Waals surface area contributed by atoms with Crippen molar-refractivity contribution in [1.29, 1.82) is 0 Å². The van der Waals surface area contributed by atoms with Crippen molar-refractivity contribution in [3.63, 3.8) is 0 Å². The molecule has 15 heavy (non-hydrogen) atoms. The molecule has 5 N–H and O–H groups in total. The highest BCUT2D eigenvalue weighted by Gasteiger charge is 2.26. The summed E-state index contributed by atoms with van der Waals surface area (Å²) < 4.78 is 0. The fourth-order valence-electron chi connectivity index (χ4n) is 0.358. The largest absolute Gasteiger partial charge is 0.396 e. The molecule has 0 rings (SSSR count). The van der Waals surface area contributed by atoms with E-state index in [-0.39, 0.29) is 11.9 Å². The van der Waals surface area contributed by atoms with Crippen molar-refractivity contribution in [1.82, 2.24) is 0 Å². The predicted octanol–water partition coefficient (Wildman–Crippen LogP) is -1.85. The van der Waals surface area contributed by atoms with Crippen molar-refractivity contribution < 1.29 is 25.5 Å². The fourth-order valence-corrected chi connectivity index (χ4v) is 0.473. The van der Waals surface area contributed by atoms with Crippen LogP contribution < -0.4 is 0 Å². The highest BCUT2D eigenvalue weighted by molar-refractivity contribution is 7.84. The topological polar surface area (TPSA) is 101 Å². The summed E-state index contributed by atoms with van der Waals surface area (Å²) in [7, 11) is 0. The Labute approximate surface area is 101 Å². The number of aliphatic hydroxyl groups excluding tert-OH is 5. The SMILES string of the molecule is OCC(CO)(CO)CO.OCC(S)CS. The van der Waals surface area contributed by atoms with Gasteiger partial charge in [-0.2, -0.15) is 25.3 Å². The average Bonchev–Trinajstić information content (AvgIpc) is 2.32. The Morgan fingerprint density at radius 1 is 0.867 bits per heavy atom. The maximum Gasteiger partial charge on any atom is 0.0627 e. The van der Waals surface area contributed by atoms with Crippen molar-refractivity contribution in [2.45, 2.75) is 5.25 Å². The molecule has 0 radical (unpaired) electrons. The van der Waals surface area contributed by atoms with E-state index in [4.69, 9.17) is 25.5 Å². The van der Waals surface area contributed by atoms with Crippen LogP contribution in [-0.4, -0.2) is 69.6 Å². The highest BCUT2D eigenvalue weighted by Crippen LogP contribution is 2.11. The molecule has 1 atom stereocenters. The first-order valence-corrected chi connectivity index (χ1v) is 5.54. The van der Waals surface area contributed by atoms with Crippen LogP contribution in [0.25, 0.3) is 0 Å². The van der Waals surface area contributed by atoms with Gasteiger partial charge in [-0.25, -0.2) is 0 Å². The monoisotopic (exact) mass is 260 g/mol. The van der Waals surface area contributed by atoms with Gasteiger partial charge in [0.2, 0.25) is 0 Å². The highest BCUT2D eigenvalue weighted by atomic mass is 32.1. The lowest BCUT2D eigenvalue weighted by atomic mass is 9.93.